The van der Waals surface area contributed by atoms with Crippen molar-refractivity contribution in [2.24, 2.45) is 28.6 Å². The first-order chi connectivity index (χ1) is 19.4. The lowest BCUT2D eigenvalue weighted by molar-refractivity contribution is -0.224. The fourth-order valence-electron chi connectivity index (χ4n) is 8.52. The molecule has 0 spiro atoms. The summed E-state index contributed by atoms with van der Waals surface area (Å²) in [5.41, 5.74) is -6.88. The Morgan fingerprint density at radius 1 is 1.27 bits per heavy atom. The first-order valence-corrected chi connectivity index (χ1v) is 14.9. The molecular formula is C31H34F2O7S. The van der Waals surface area contributed by atoms with E-state index in [1.807, 2.05) is 0 Å². The summed E-state index contributed by atoms with van der Waals surface area (Å²) < 4.78 is 45.1. The molecule has 2 N–H and O–H groups in total. The number of hydrogen-bond acceptors (Lipinski definition) is 8. The molecule has 0 aromatic carbocycles. The maximum absolute atomic E-state index is 17.8. The third-order valence-corrected chi connectivity index (χ3v) is 11.1. The van der Waals surface area contributed by atoms with Crippen LogP contribution in [0.25, 0.3) is 0 Å². The Labute approximate surface area is 241 Å². The number of hydrogen-bond donors (Lipinski definition) is 2. The zero-order valence-corrected chi connectivity index (χ0v) is 24.0. The van der Waals surface area contributed by atoms with E-state index in [9.17, 15) is 19.5 Å². The number of ether oxygens (including phenoxy) is 1. The lowest BCUT2D eigenvalue weighted by Crippen LogP contribution is -2.71. The van der Waals surface area contributed by atoms with Crippen molar-refractivity contribution < 1.29 is 42.5 Å². The number of carbonyl (C=O) groups excluding carboxylic acids is 3. The van der Waals surface area contributed by atoms with Crippen molar-refractivity contribution in [1.82, 2.24) is 0 Å². The van der Waals surface area contributed by atoms with Gasteiger partial charge in [-0.3, -0.25) is 9.59 Å². The molecule has 0 amide bonds. The predicted octanol–water partition coefficient (Wildman–Crippen LogP) is 4.39. The smallest absolute Gasteiger partial charge is 0.375 e. The number of aliphatic hydroxyl groups excluding tert-OH is 2. The van der Waals surface area contributed by atoms with Crippen LogP contribution in [-0.2, 0) is 14.3 Å². The lowest BCUT2D eigenvalue weighted by atomic mass is 9.43. The molecule has 9 atom stereocenters. The van der Waals surface area contributed by atoms with Crippen LogP contribution in [0.5, 0.6) is 0 Å². The number of carbonyl (C=O) groups is 3. The Hall–Kier alpha value is -2.74. The summed E-state index contributed by atoms with van der Waals surface area (Å²) in [4.78, 5) is 39.6. The SMILES string of the molecule is CC[C@]12C=CC(=O)C=C1[C@@H](F)CC1C3C[C@@H](C)[C@](OC(=O)c4ccco4)(C(=O)SCC#CCO)[C@@]3(C)C[C@H](O)[C@@]12F. The van der Waals surface area contributed by atoms with Crippen LogP contribution in [0.15, 0.2) is 46.6 Å². The van der Waals surface area contributed by atoms with Crippen molar-refractivity contribution in [3.63, 3.8) is 0 Å². The number of fused-ring (bicyclic) bond motifs is 5. The van der Waals surface area contributed by atoms with E-state index < -0.39 is 69.0 Å². The van der Waals surface area contributed by atoms with Gasteiger partial charge in [0.15, 0.2) is 17.1 Å². The highest BCUT2D eigenvalue weighted by Crippen LogP contribution is 2.72. The van der Waals surface area contributed by atoms with Gasteiger partial charge in [-0.1, -0.05) is 50.4 Å². The molecule has 5 rings (SSSR count). The molecule has 0 saturated heterocycles. The summed E-state index contributed by atoms with van der Waals surface area (Å²) in [7, 11) is 0. The highest BCUT2D eigenvalue weighted by atomic mass is 32.2. The van der Waals surface area contributed by atoms with E-state index in [0.29, 0.717) is 0 Å². The Kier molecular flexibility index (Phi) is 7.63. The molecule has 10 heteroatoms. The number of furan rings is 1. The van der Waals surface area contributed by atoms with Crippen molar-refractivity contribution in [3.8, 4) is 11.8 Å². The Balaban J connectivity index is 1.63. The first kappa shape index (κ1) is 29.7. The van der Waals surface area contributed by atoms with Crippen molar-refractivity contribution in [2.75, 3.05) is 12.4 Å². The van der Waals surface area contributed by atoms with Crippen molar-refractivity contribution in [3.05, 3.63) is 48.0 Å². The lowest BCUT2D eigenvalue weighted by Gasteiger charge is -2.63. The number of rotatable bonds is 5. The van der Waals surface area contributed by atoms with Gasteiger partial charge in [-0.05, 0) is 61.5 Å². The molecule has 1 aromatic heterocycles. The van der Waals surface area contributed by atoms with Gasteiger partial charge >= 0.3 is 5.97 Å². The average molecular weight is 589 g/mol. The van der Waals surface area contributed by atoms with Crippen LogP contribution >= 0.6 is 11.8 Å². The van der Waals surface area contributed by atoms with Crippen LogP contribution in [0, 0.1) is 40.4 Å². The highest BCUT2D eigenvalue weighted by molar-refractivity contribution is 8.14. The van der Waals surface area contributed by atoms with E-state index in [1.165, 1.54) is 30.5 Å². The van der Waals surface area contributed by atoms with Gasteiger partial charge in [-0.2, -0.15) is 0 Å². The number of allylic oxidation sites excluding steroid dienone is 4. The molecule has 0 radical (unpaired) electrons. The van der Waals surface area contributed by atoms with E-state index in [4.69, 9.17) is 14.3 Å². The molecule has 220 valence electrons. The molecule has 0 aliphatic heterocycles. The third kappa shape index (κ3) is 4.03. The van der Waals surface area contributed by atoms with E-state index in [0.717, 1.165) is 17.8 Å². The topological polar surface area (TPSA) is 114 Å². The molecule has 7 nitrogen and oxygen atoms in total. The molecule has 4 aliphatic carbocycles. The fraction of sp³-hybridized carbons (Fsp3) is 0.581. The molecule has 3 fully saturated rings. The molecule has 1 aromatic rings. The quantitative estimate of drug-likeness (QED) is 0.385. The summed E-state index contributed by atoms with van der Waals surface area (Å²) in [6.07, 6.45) is 1.70. The summed E-state index contributed by atoms with van der Waals surface area (Å²) in [5.74, 6) is 1.49. The second kappa shape index (κ2) is 10.5. The number of ketones is 1. The first-order valence-electron chi connectivity index (χ1n) is 13.9. The minimum atomic E-state index is -2.32. The van der Waals surface area contributed by atoms with Gasteiger partial charge in [0.25, 0.3) is 0 Å². The van der Waals surface area contributed by atoms with Gasteiger partial charge in [0.1, 0.15) is 12.8 Å². The van der Waals surface area contributed by atoms with Crippen LogP contribution in [0.3, 0.4) is 0 Å². The predicted molar refractivity (Wildman–Crippen MR) is 147 cm³/mol. The van der Waals surface area contributed by atoms with Crippen LogP contribution in [-0.4, -0.2) is 63.0 Å². The number of esters is 1. The number of aliphatic hydroxyl groups is 2. The molecule has 2 unspecified atom stereocenters. The van der Waals surface area contributed by atoms with Gasteiger partial charge < -0.3 is 19.4 Å². The standard InChI is InChI=1S/C31H34F2O7S/c1-4-29-10-9-19(35)15-22(29)23(32)16-21-20-14-18(2)31(27(38)41-13-6-5-11-34,40-26(37)24-8-7-12-39-24)28(20,3)17-25(36)30(21,29)33/h7-10,12,15,18,20-21,23,25,34,36H,4,11,13-14,16-17H2,1-3H3/t18-,20?,21?,23+,25+,28+,29+,30+,31+/m1/s1. The number of thioether (sulfide) groups is 1. The highest BCUT2D eigenvalue weighted by Gasteiger charge is 2.78. The van der Waals surface area contributed by atoms with Crippen molar-refractivity contribution in [2.45, 2.75) is 70.0 Å². The Bertz CT molecular complexity index is 1360. The summed E-state index contributed by atoms with van der Waals surface area (Å²) in [6.45, 7) is 4.80. The Morgan fingerprint density at radius 2 is 2.02 bits per heavy atom. The summed E-state index contributed by atoms with van der Waals surface area (Å²) in [6, 6.07) is 2.92. The van der Waals surface area contributed by atoms with E-state index >= 15 is 8.78 Å². The summed E-state index contributed by atoms with van der Waals surface area (Å²) >= 11 is 0.823. The number of halogens is 2. The molecule has 0 bridgehead atoms. The zero-order chi connectivity index (χ0) is 29.8. The molecule has 3 saturated carbocycles. The zero-order valence-electron chi connectivity index (χ0n) is 23.2. The average Bonchev–Trinajstić information content (AvgIpc) is 3.55. The fourth-order valence-corrected chi connectivity index (χ4v) is 9.52. The molecule has 41 heavy (non-hydrogen) atoms. The van der Waals surface area contributed by atoms with Crippen LogP contribution in [0.2, 0.25) is 0 Å². The maximum Gasteiger partial charge on any atom is 0.375 e. The minimum absolute atomic E-state index is 0.0183. The minimum Gasteiger partial charge on any atom is -0.457 e. The maximum atomic E-state index is 17.8. The monoisotopic (exact) mass is 588 g/mol. The van der Waals surface area contributed by atoms with E-state index in [1.54, 1.807) is 20.8 Å². The van der Waals surface area contributed by atoms with Crippen molar-refractivity contribution >= 4 is 28.6 Å². The summed E-state index contributed by atoms with van der Waals surface area (Å²) in [5, 5.41) is 20.3. The molecule has 1 heterocycles. The van der Waals surface area contributed by atoms with Crippen LogP contribution in [0.4, 0.5) is 8.78 Å². The second-order valence-corrected chi connectivity index (χ2v) is 12.8. The molecule has 4 aliphatic rings. The second-order valence-electron chi connectivity index (χ2n) is 11.8. The van der Waals surface area contributed by atoms with Crippen LogP contribution in [0.1, 0.15) is 57.0 Å². The van der Waals surface area contributed by atoms with E-state index in [2.05, 4.69) is 11.8 Å². The Morgan fingerprint density at radius 3 is 2.68 bits per heavy atom. The van der Waals surface area contributed by atoms with Gasteiger partial charge in [0.05, 0.1) is 18.1 Å². The van der Waals surface area contributed by atoms with Gasteiger partial charge in [0.2, 0.25) is 10.9 Å². The van der Waals surface area contributed by atoms with Crippen LogP contribution < -0.4 is 0 Å². The third-order valence-electron chi connectivity index (χ3n) is 10.2. The van der Waals surface area contributed by atoms with Gasteiger partial charge in [-0.25, -0.2) is 13.6 Å². The van der Waals surface area contributed by atoms with E-state index in [-0.39, 0.29) is 49.4 Å². The van der Waals surface area contributed by atoms with Gasteiger partial charge in [0, 0.05) is 22.7 Å². The van der Waals surface area contributed by atoms with Crippen molar-refractivity contribution in [1.29, 1.82) is 0 Å². The van der Waals surface area contributed by atoms with Gasteiger partial charge in [-0.15, -0.1) is 0 Å². The largest absolute Gasteiger partial charge is 0.457 e. The molecular weight excluding hydrogens is 554 g/mol. The normalized spacial score (nSPS) is 40.9. The number of alkyl halides is 2.